The van der Waals surface area contributed by atoms with Gasteiger partial charge in [0.15, 0.2) is 0 Å². The first-order valence-electron chi connectivity index (χ1n) is 5.85. The van der Waals surface area contributed by atoms with Crippen LogP contribution in [-0.2, 0) is 14.3 Å². The maximum atomic E-state index is 10.4. The highest BCUT2D eigenvalue weighted by Gasteiger charge is 2.12. The van der Waals surface area contributed by atoms with E-state index in [1.54, 1.807) is 6.92 Å². The zero-order valence-electron chi connectivity index (χ0n) is 10.8. The number of carbonyl (C=O) groups is 2. The fourth-order valence-electron chi connectivity index (χ4n) is 1.16. The van der Waals surface area contributed by atoms with Crippen molar-refractivity contribution >= 4 is 11.9 Å². The average Bonchev–Trinajstić information content (AvgIpc) is 2.19. The van der Waals surface area contributed by atoms with Gasteiger partial charge in [-0.2, -0.15) is 0 Å². The van der Waals surface area contributed by atoms with Crippen molar-refractivity contribution in [1.82, 2.24) is 0 Å². The second kappa shape index (κ2) is 12.0. The van der Waals surface area contributed by atoms with E-state index in [2.05, 4.69) is 11.7 Å². The Kier molecular flexibility index (Phi) is 13.0. The Morgan fingerprint density at radius 2 is 1.81 bits per heavy atom. The molecule has 0 amide bonds. The topological polar surface area (TPSA) is 63.6 Å². The lowest BCUT2D eigenvalue weighted by Gasteiger charge is -2.06. The smallest absolute Gasteiger partial charge is 0.306 e. The molecular weight excluding hydrogens is 208 g/mol. The molecule has 0 aliphatic heterocycles. The maximum Gasteiger partial charge on any atom is 0.306 e. The van der Waals surface area contributed by atoms with Crippen LogP contribution in [0.2, 0.25) is 0 Å². The molecule has 0 aromatic heterocycles. The van der Waals surface area contributed by atoms with Crippen molar-refractivity contribution in [3.8, 4) is 0 Å². The van der Waals surface area contributed by atoms with Crippen LogP contribution in [0.3, 0.4) is 0 Å². The van der Waals surface area contributed by atoms with Crippen molar-refractivity contribution in [1.29, 1.82) is 0 Å². The van der Waals surface area contributed by atoms with Gasteiger partial charge in [-0.3, -0.25) is 9.59 Å². The molecule has 1 atom stereocenters. The number of esters is 1. The fourth-order valence-corrected chi connectivity index (χ4v) is 1.16. The van der Waals surface area contributed by atoms with Crippen LogP contribution in [0.1, 0.15) is 53.4 Å². The summed E-state index contributed by atoms with van der Waals surface area (Å²) in [6, 6.07) is 0. The minimum atomic E-state index is -0.643. The predicted molar refractivity (Wildman–Crippen MR) is 63.2 cm³/mol. The number of carboxylic acids is 1. The van der Waals surface area contributed by atoms with Crippen LogP contribution in [0.15, 0.2) is 0 Å². The Labute approximate surface area is 98.0 Å². The van der Waals surface area contributed by atoms with Crippen LogP contribution in [0.5, 0.6) is 0 Å². The summed E-state index contributed by atoms with van der Waals surface area (Å²) in [6.07, 6.45) is 3.71. The molecule has 0 saturated heterocycles. The average molecular weight is 232 g/mol. The van der Waals surface area contributed by atoms with Gasteiger partial charge in [-0.15, -0.1) is 0 Å². The Bertz CT molecular complexity index is 189. The first-order valence-corrected chi connectivity index (χ1v) is 5.85. The number of rotatable bonds is 6. The van der Waals surface area contributed by atoms with Crippen LogP contribution in [0.25, 0.3) is 0 Å². The van der Waals surface area contributed by atoms with Gasteiger partial charge in [0.2, 0.25) is 0 Å². The highest BCUT2D eigenvalue weighted by molar-refractivity contribution is 5.69. The molecule has 4 nitrogen and oxygen atoms in total. The van der Waals surface area contributed by atoms with Crippen LogP contribution in [0.4, 0.5) is 0 Å². The van der Waals surface area contributed by atoms with Gasteiger partial charge >= 0.3 is 11.9 Å². The molecule has 0 fully saturated rings. The van der Waals surface area contributed by atoms with E-state index in [0.29, 0.717) is 6.61 Å². The van der Waals surface area contributed by atoms with Gasteiger partial charge in [0.25, 0.3) is 0 Å². The summed E-state index contributed by atoms with van der Waals surface area (Å²) in [5, 5.41) is 8.60. The van der Waals surface area contributed by atoms with E-state index in [0.717, 1.165) is 25.7 Å². The normalized spacial score (nSPS) is 11.0. The van der Waals surface area contributed by atoms with Crippen molar-refractivity contribution in [3.63, 3.8) is 0 Å². The predicted octanol–water partition coefficient (Wildman–Crippen LogP) is 2.86. The van der Waals surface area contributed by atoms with Crippen LogP contribution in [-0.4, -0.2) is 23.7 Å². The Balaban J connectivity index is 0. The number of carboxylic acid groups (broad SMARTS) is 1. The second-order valence-electron chi connectivity index (χ2n) is 3.51. The minimum Gasteiger partial charge on any atom is -0.481 e. The van der Waals surface area contributed by atoms with E-state index in [9.17, 15) is 9.59 Å². The van der Waals surface area contributed by atoms with Gasteiger partial charge in [-0.25, -0.2) is 0 Å². The number of aliphatic carboxylic acids is 1. The first-order chi connectivity index (χ1) is 7.49. The SMILES string of the molecule is CCCCC(CC)C(=O)O.CCOC(C)=O. The molecule has 4 heteroatoms. The lowest BCUT2D eigenvalue weighted by atomic mass is 10.00. The summed E-state index contributed by atoms with van der Waals surface area (Å²) in [4.78, 5) is 20.3. The van der Waals surface area contributed by atoms with Gasteiger partial charge in [-0.05, 0) is 19.8 Å². The molecule has 0 aromatic rings. The molecule has 0 aromatic carbocycles. The van der Waals surface area contributed by atoms with E-state index in [1.807, 2.05) is 6.92 Å². The van der Waals surface area contributed by atoms with Crippen molar-refractivity contribution in [3.05, 3.63) is 0 Å². The van der Waals surface area contributed by atoms with Crippen molar-refractivity contribution in [2.24, 2.45) is 5.92 Å². The number of ether oxygens (including phenoxy) is 1. The summed E-state index contributed by atoms with van der Waals surface area (Å²) in [6.45, 7) is 7.66. The number of unbranched alkanes of at least 4 members (excludes halogenated alkanes) is 1. The third kappa shape index (κ3) is 12.9. The molecule has 0 aliphatic rings. The van der Waals surface area contributed by atoms with Gasteiger partial charge in [-0.1, -0.05) is 26.7 Å². The van der Waals surface area contributed by atoms with E-state index >= 15 is 0 Å². The van der Waals surface area contributed by atoms with Gasteiger partial charge in [0.05, 0.1) is 12.5 Å². The van der Waals surface area contributed by atoms with E-state index in [-0.39, 0.29) is 11.9 Å². The molecule has 0 spiro atoms. The van der Waals surface area contributed by atoms with Crippen molar-refractivity contribution < 1.29 is 19.4 Å². The first kappa shape index (κ1) is 17.3. The Morgan fingerprint density at radius 3 is 2.00 bits per heavy atom. The lowest BCUT2D eigenvalue weighted by Crippen LogP contribution is -2.11. The van der Waals surface area contributed by atoms with E-state index < -0.39 is 5.97 Å². The molecule has 1 N–H and O–H groups in total. The number of hydrogen-bond acceptors (Lipinski definition) is 3. The monoisotopic (exact) mass is 232 g/mol. The molecule has 1 unspecified atom stereocenters. The molecule has 0 aliphatic carbocycles. The summed E-state index contributed by atoms with van der Waals surface area (Å²) >= 11 is 0. The number of hydrogen-bond donors (Lipinski definition) is 1. The summed E-state index contributed by atoms with van der Waals surface area (Å²) < 4.78 is 4.40. The summed E-state index contributed by atoms with van der Waals surface area (Å²) in [7, 11) is 0. The van der Waals surface area contributed by atoms with Crippen molar-refractivity contribution in [2.75, 3.05) is 6.61 Å². The molecule has 0 saturated carbocycles. The maximum absolute atomic E-state index is 10.4. The number of carbonyl (C=O) groups excluding carboxylic acids is 1. The Hall–Kier alpha value is -1.06. The molecule has 0 heterocycles. The zero-order valence-corrected chi connectivity index (χ0v) is 10.8. The standard InChI is InChI=1S/C8H16O2.C4H8O2/c1-3-5-6-7(4-2)8(9)10;1-3-6-4(2)5/h7H,3-6H2,1-2H3,(H,9,10);3H2,1-2H3. The largest absolute Gasteiger partial charge is 0.481 e. The van der Waals surface area contributed by atoms with E-state index in [1.165, 1.54) is 6.92 Å². The quantitative estimate of drug-likeness (QED) is 0.715. The highest BCUT2D eigenvalue weighted by Crippen LogP contribution is 2.11. The van der Waals surface area contributed by atoms with Crippen LogP contribution < -0.4 is 0 Å². The molecule has 16 heavy (non-hydrogen) atoms. The molecule has 0 radical (unpaired) electrons. The van der Waals surface area contributed by atoms with Crippen LogP contribution >= 0.6 is 0 Å². The zero-order chi connectivity index (χ0) is 13.0. The third-order valence-electron chi connectivity index (χ3n) is 2.10. The van der Waals surface area contributed by atoms with Gasteiger partial charge < -0.3 is 9.84 Å². The van der Waals surface area contributed by atoms with Gasteiger partial charge in [0.1, 0.15) is 0 Å². The van der Waals surface area contributed by atoms with Crippen molar-refractivity contribution in [2.45, 2.75) is 53.4 Å². The van der Waals surface area contributed by atoms with Gasteiger partial charge in [0, 0.05) is 6.92 Å². The summed E-state index contributed by atoms with van der Waals surface area (Å²) in [5.41, 5.74) is 0. The summed E-state index contributed by atoms with van der Waals surface area (Å²) in [5.74, 6) is -0.964. The molecule has 0 rings (SSSR count). The highest BCUT2D eigenvalue weighted by atomic mass is 16.5. The molecule has 0 bridgehead atoms. The minimum absolute atomic E-state index is 0.111. The second-order valence-corrected chi connectivity index (χ2v) is 3.51. The fraction of sp³-hybridized carbons (Fsp3) is 0.833. The van der Waals surface area contributed by atoms with E-state index in [4.69, 9.17) is 5.11 Å². The molecule has 96 valence electrons. The molecular formula is C12H24O4. The van der Waals surface area contributed by atoms with Crippen LogP contribution in [0, 0.1) is 5.92 Å². The Morgan fingerprint density at radius 1 is 1.25 bits per heavy atom. The lowest BCUT2D eigenvalue weighted by molar-refractivity contribution is -0.142. The third-order valence-corrected chi connectivity index (χ3v) is 2.10.